The summed E-state index contributed by atoms with van der Waals surface area (Å²) in [6.45, 7) is 1.17. The van der Waals surface area contributed by atoms with Crippen molar-refractivity contribution in [1.82, 2.24) is 5.32 Å². The molecule has 1 heterocycles. The van der Waals surface area contributed by atoms with Gasteiger partial charge in [0, 0.05) is 19.1 Å². The van der Waals surface area contributed by atoms with Gasteiger partial charge in [0.15, 0.2) is 11.5 Å². The van der Waals surface area contributed by atoms with Crippen molar-refractivity contribution in [2.75, 3.05) is 33.6 Å². The van der Waals surface area contributed by atoms with E-state index in [0.717, 1.165) is 5.56 Å². The quantitative estimate of drug-likeness (QED) is 0.663. The fourth-order valence-corrected chi connectivity index (χ4v) is 1.93. The summed E-state index contributed by atoms with van der Waals surface area (Å²) in [7, 11) is 1.58. The van der Waals surface area contributed by atoms with E-state index in [1.165, 1.54) is 0 Å². The highest BCUT2D eigenvalue weighted by atomic mass is 16.7. The third-order valence-corrected chi connectivity index (χ3v) is 2.82. The Kier molecular flexibility index (Phi) is 4.24. The van der Waals surface area contributed by atoms with E-state index in [1.807, 2.05) is 12.1 Å². The van der Waals surface area contributed by atoms with Crippen LogP contribution in [0.1, 0.15) is 11.6 Å². The molecule has 1 atom stereocenters. The van der Waals surface area contributed by atoms with E-state index in [0.29, 0.717) is 30.3 Å². The number of aliphatic hydroxyl groups excluding tert-OH is 1. The van der Waals surface area contributed by atoms with Crippen LogP contribution in [-0.2, 0) is 0 Å². The molecule has 0 aromatic heterocycles. The molecule has 0 saturated heterocycles. The molecule has 4 N–H and O–H groups in total. The average Bonchev–Trinajstić information content (AvgIpc) is 2.87. The zero-order valence-corrected chi connectivity index (χ0v) is 10.3. The van der Waals surface area contributed by atoms with Crippen molar-refractivity contribution in [2.45, 2.75) is 6.04 Å². The van der Waals surface area contributed by atoms with Gasteiger partial charge in [0.1, 0.15) is 0 Å². The second-order valence-electron chi connectivity index (χ2n) is 3.92. The van der Waals surface area contributed by atoms with Gasteiger partial charge >= 0.3 is 0 Å². The maximum absolute atomic E-state index is 8.84. The lowest BCUT2D eigenvalue weighted by Gasteiger charge is -2.18. The number of ether oxygens (including phenoxy) is 3. The molecule has 0 amide bonds. The molecule has 0 radical (unpaired) electrons. The summed E-state index contributed by atoms with van der Waals surface area (Å²) in [4.78, 5) is 0. The maximum Gasteiger partial charge on any atom is 0.231 e. The number of aliphatic hydroxyl groups is 1. The van der Waals surface area contributed by atoms with Gasteiger partial charge in [-0.3, -0.25) is 0 Å². The summed E-state index contributed by atoms with van der Waals surface area (Å²) in [5.41, 5.74) is 6.68. The molecule has 1 aliphatic heterocycles. The fourth-order valence-electron chi connectivity index (χ4n) is 1.93. The van der Waals surface area contributed by atoms with Crippen molar-refractivity contribution in [3.63, 3.8) is 0 Å². The van der Waals surface area contributed by atoms with Crippen molar-refractivity contribution in [1.29, 1.82) is 0 Å². The molecule has 18 heavy (non-hydrogen) atoms. The van der Waals surface area contributed by atoms with Gasteiger partial charge in [-0.2, -0.15) is 0 Å². The number of nitrogens with two attached hydrogens (primary N) is 1. The van der Waals surface area contributed by atoms with Crippen LogP contribution in [-0.4, -0.2) is 38.7 Å². The van der Waals surface area contributed by atoms with E-state index in [-0.39, 0.29) is 19.4 Å². The molecular formula is C12H18N2O4. The van der Waals surface area contributed by atoms with Crippen LogP contribution in [0.5, 0.6) is 17.2 Å². The van der Waals surface area contributed by atoms with E-state index in [1.54, 1.807) is 7.11 Å². The van der Waals surface area contributed by atoms with Gasteiger partial charge in [-0.25, -0.2) is 0 Å². The van der Waals surface area contributed by atoms with Crippen LogP contribution in [0.3, 0.4) is 0 Å². The minimum Gasteiger partial charge on any atom is -0.493 e. The van der Waals surface area contributed by atoms with Gasteiger partial charge in [0.05, 0.1) is 13.7 Å². The first-order chi connectivity index (χ1) is 8.80. The van der Waals surface area contributed by atoms with Crippen LogP contribution in [0.15, 0.2) is 12.1 Å². The Morgan fingerprint density at radius 2 is 2.33 bits per heavy atom. The SMILES string of the molecule is COc1cc(C(CN)NCCO)cc2c1OCO2. The minimum atomic E-state index is -0.0550. The standard InChI is InChI=1S/C12H18N2O4/c1-16-10-4-8(9(6-13)14-2-3-15)5-11-12(10)18-7-17-11/h4-5,9,14-15H,2-3,6-7,13H2,1H3. The predicted octanol–water partition coefficient (Wildman–Crippen LogP) is 0.00560. The lowest BCUT2D eigenvalue weighted by Crippen LogP contribution is -2.30. The van der Waals surface area contributed by atoms with E-state index in [9.17, 15) is 0 Å². The maximum atomic E-state index is 8.84. The Hall–Kier alpha value is -1.50. The number of benzene rings is 1. The van der Waals surface area contributed by atoms with E-state index in [4.69, 9.17) is 25.1 Å². The van der Waals surface area contributed by atoms with Gasteiger partial charge in [-0.1, -0.05) is 0 Å². The summed E-state index contributed by atoms with van der Waals surface area (Å²) in [5, 5.41) is 12.0. The van der Waals surface area contributed by atoms with Crippen molar-refractivity contribution in [3.05, 3.63) is 17.7 Å². The molecule has 1 aromatic rings. The summed E-state index contributed by atoms with van der Waals surface area (Å²) < 4.78 is 16.0. The van der Waals surface area contributed by atoms with Crippen molar-refractivity contribution in [3.8, 4) is 17.2 Å². The van der Waals surface area contributed by atoms with E-state index < -0.39 is 0 Å². The van der Waals surface area contributed by atoms with Crippen LogP contribution in [0.25, 0.3) is 0 Å². The Morgan fingerprint density at radius 1 is 1.50 bits per heavy atom. The second kappa shape index (κ2) is 5.90. The first-order valence-corrected chi connectivity index (χ1v) is 5.82. The topological polar surface area (TPSA) is 86.0 Å². The monoisotopic (exact) mass is 254 g/mol. The molecule has 0 saturated carbocycles. The van der Waals surface area contributed by atoms with E-state index >= 15 is 0 Å². The molecule has 1 unspecified atom stereocenters. The van der Waals surface area contributed by atoms with Crippen LogP contribution < -0.4 is 25.3 Å². The summed E-state index contributed by atoms with van der Waals surface area (Å²) in [6, 6.07) is 3.70. The largest absolute Gasteiger partial charge is 0.493 e. The predicted molar refractivity (Wildman–Crippen MR) is 66.0 cm³/mol. The van der Waals surface area contributed by atoms with Crippen LogP contribution in [0.2, 0.25) is 0 Å². The van der Waals surface area contributed by atoms with Crippen molar-refractivity contribution < 1.29 is 19.3 Å². The zero-order valence-electron chi connectivity index (χ0n) is 10.3. The van der Waals surface area contributed by atoms with Gasteiger partial charge in [-0.05, 0) is 17.7 Å². The average molecular weight is 254 g/mol. The molecule has 0 bridgehead atoms. The van der Waals surface area contributed by atoms with Gasteiger partial charge in [-0.15, -0.1) is 0 Å². The second-order valence-corrected chi connectivity index (χ2v) is 3.92. The molecule has 1 aliphatic rings. The normalized spacial score (nSPS) is 14.6. The molecule has 2 rings (SSSR count). The number of hydrogen-bond donors (Lipinski definition) is 3. The highest BCUT2D eigenvalue weighted by Crippen LogP contribution is 2.42. The van der Waals surface area contributed by atoms with Gasteiger partial charge in [0.25, 0.3) is 0 Å². The highest BCUT2D eigenvalue weighted by Gasteiger charge is 2.22. The lowest BCUT2D eigenvalue weighted by molar-refractivity contribution is 0.171. The smallest absolute Gasteiger partial charge is 0.231 e. The summed E-state index contributed by atoms with van der Waals surface area (Å²) in [6.07, 6.45) is 0. The lowest BCUT2D eigenvalue weighted by atomic mass is 10.1. The number of methoxy groups -OCH3 is 1. The third-order valence-electron chi connectivity index (χ3n) is 2.82. The van der Waals surface area contributed by atoms with Crippen LogP contribution >= 0.6 is 0 Å². The first-order valence-electron chi connectivity index (χ1n) is 5.82. The molecule has 6 heteroatoms. The molecule has 100 valence electrons. The number of nitrogens with one attached hydrogen (secondary N) is 1. The minimum absolute atomic E-state index is 0.0550. The number of rotatable bonds is 6. The first kappa shape index (κ1) is 12.9. The van der Waals surface area contributed by atoms with Crippen LogP contribution in [0.4, 0.5) is 0 Å². The van der Waals surface area contributed by atoms with E-state index in [2.05, 4.69) is 5.32 Å². The molecule has 6 nitrogen and oxygen atoms in total. The van der Waals surface area contributed by atoms with Gasteiger partial charge in [0.2, 0.25) is 12.5 Å². The Morgan fingerprint density at radius 3 is 3.00 bits per heavy atom. The Labute approximate surface area is 106 Å². The number of fused-ring (bicyclic) bond motifs is 1. The van der Waals surface area contributed by atoms with Crippen molar-refractivity contribution in [2.24, 2.45) is 5.73 Å². The molecule has 0 spiro atoms. The highest BCUT2D eigenvalue weighted by molar-refractivity contribution is 5.55. The molecular weight excluding hydrogens is 236 g/mol. The zero-order chi connectivity index (χ0) is 13.0. The summed E-state index contributed by atoms with van der Waals surface area (Å²) >= 11 is 0. The van der Waals surface area contributed by atoms with Gasteiger partial charge < -0.3 is 30.4 Å². The molecule has 1 aromatic carbocycles. The van der Waals surface area contributed by atoms with Crippen molar-refractivity contribution >= 4 is 0 Å². The molecule has 0 fully saturated rings. The Balaban J connectivity index is 2.27. The Bertz CT molecular complexity index is 411. The molecule has 0 aliphatic carbocycles. The van der Waals surface area contributed by atoms with Crippen LogP contribution in [0, 0.1) is 0 Å². The fraction of sp³-hybridized carbons (Fsp3) is 0.500. The summed E-state index contributed by atoms with van der Waals surface area (Å²) in [5.74, 6) is 1.91. The number of hydrogen-bond acceptors (Lipinski definition) is 6. The third kappa shape index (κ3) is 2.50.